The fraction of sp³-hybridized carbons (Fsp3) is 0.821. The fourth-order valence-electron chi connectivity index (χ4n) is 5.95. The maximum absolute atomic E-state index is 13.5. The van der Waals surface area contributed by atoms with Crippen molar-refractivity contribution in [3.63, 3.8) is 0 Å². The van der Waals surface area contributed by atoms with E-state index in [0.29, 0.717) is 12.8 Å². The van der Waals surface area contributed by atoms with Gasteiger partial charge in [-0.25, -0.2) is 0 Å². The molecule has 6 N–H and O–H groups in total. The molecule has 0 spiro atoms. The zero-order chi connectivity index (χ0) is 38.8. The Morgan fingerprint density at radius 3 is 1.63 bits per heavy atom. The molecule has 51 heavy (non-hydrogen) atoms. The highest BCUT2D eigenvalue weighted by Gasteiger charge is 2.35. The van der Waals surface area contributed by atoms with Crippen LogP contribution in [0.25, 0.3) is 0 Å². The molecule has 0 fully saturated rings. The Morgan fingerprint density at radius 1 is 0.627 bits per heavy atom. The smallest absolute Gasteiger partial charge is 0.243 e. The Hall–Kier alpha value is -3.15. The summed E-state index contributed by atoms with van der Waals surface area (Å²) in [5.41, 5.74) is 5.32. The van der Waals surface area contributed by atoms with Crippen LogP contribution in [0, 0.1) is 11.8 Å². The quantitative estimate of drug-likeness (QED) is 0.0587. The van der Waals surface area contributed by atoms with Gasteiger partial charge in [-0.15, -0.1) is 0 Å². The molecule has 4 amide bonds. The second kappa shape index (κ2) is 28.4. The number of amides is 4. The highest BCUT2D eigenvalue weighted by atomic mass is 16.3. The third kappa shape index (κ3) is 23.1. The third-order valence-electron chi connectivity index (χ3n) is 9.62. The van der Waals surface area contributed by atoms with E-state index in [4.69, 9.17) is 5.73 Å². The number of unbranched alkanes of at least 4 members (excludes halogenated alkanes) is 12. The number of nitrogens with two attached hydrogens (primary N) is 1. The Morgan fingerprint density at radius 2 is 1.16 bits per heavy atom. The maximum atomic E-state index is 13.5. The van der Waals surface area contributed by atoms with Crippen molar-refractivity contribution in [2.75, 3.05) is 0 Å². The van der Waals surface area contributed by atoms with Gasteiger partial charge in [-0.2, -0.15) is 0 Å². The molecule has 0 saturated carbocycles. The summed E-state index contributed by atoms with van der Waals surface area (Å²) in [6, 6.07) is -3.41. The number of aliphatic hydroxyl groups excluding tert-OH is 1. The van der Waals surface area contributed by atoms with Crippen molar-refractivity contribution in [1.29, 1.82) is 0 Å². The first-order valence-corrected chi connectivity index (χ1v) is 19.6. The molecule has 0 radical (unpaired) electrons. The molecule has 0 heterocycles. The highest BCUT2D eigenvalue weighted by Crippen LogP contribution is 2.22. The van der Waals surface area contributed by atoms with Gasteiger partial charge in [0.05, 0.1) is 12.1 Å². The van der Waals surface area contributed by atoms with Gasteiger partial charge in [0.1, 0.15) is 17.9 Å². The summed E-state index contributed by atoms with van der Waals surface area (Å²) >= 11 is 0. The van der Waals surface area contributed by atoms with E-state index in [1.165, 1.54) is 78.6 Å². The van der Waals surface area contributed by atoms with Gasteiger partial charge in [0.2, 0.25) is 23.6 Å². The number of aliphatic hydroxyl groups is 1. The summed E-state index contributed by atoms with van der Waals surface area (Å²) in [5, 5.41) is 18.3. The maximum Gasteiger partial charge on any atom is 0.243 e. The van der Waals surface area contributed by atoms with Crippen LogP contribution in [0.15, 0.2) is 0 Å². The van der Waals surface area contributed by atoms with Crippen molar-refractivity contribution >= 4 is 41.0 Å². The van der Waals surface area contributed by atoms with Crippen LogP contribution in [0.4, 0.5) is 0 Å². The van der Waals surface area contributed by atoms with Gasteiger partial charge in [-0.1, -0.05) is 104 Å². The molecular formula is C39H70N4O8. The molecule has 0 aromatic heterocycles. The lowest BCUT2D eigenvalue weighted by Gasteiger charge is -2.28. The number of primary amides is 1. The summed E-state index contributed by atoms with van der Waals surface area (Å²) in [6.45, 7) is 10.1. The standard InChI is InChI=1S/C39H70N4O8/c1-7-9-10-11-12-13-14-15-16-17-18-19-20-21-36(49)42-32(23-25-35(40)48)39(51)43-37(30(6)45)34(47)26-31(27(3)8-2)38(50)41-29(5)33(46)24-22-28(4)44/h27,29-32,37,45H,7-26H2,1-6H3,(H2,40,48)(H,41,50)(H,42,49)(H,43,51)/t27-,29-,30+,31-,32-,37-/m0/s1. The second-order valence-corrected chi connectivity index (χ2v) is 14.4. The summed E-state index contributed by atoms with van der Waals surface area (Å²) in [7, 11) is 0. The molecule has 294 valence electrons. The summed E-state index contributed by atoms with van der Waals surface area (Å²) in [6.07, 6.45) is 14.1. The van der Waals surface area contributed by atoms with E-state index in [0.717, 1.165) is 19.3 Å². The van der Waals surface area contributed by atoms with Crippen LogP contribution in [-0.2, 0) is 33.6 Å². The van der Waals surface area contributed by atoms with Crippen LogP contribution in [-0.4, -0.2) is 70.3 Å². The molecule has 0 bridgehead atoms. The van der Waals surface area contributed by atoms with Gasteiger partial charge in [0.15, 0.2) is 11.6 Å². The number of rotatable bonds is 32. The number of carbonyl (C=O) groups is 7. The molecule has 12 nitrogen and oxygen atoms in total. The van der Waals surface area contributed by atoms with Crippen molar-refractivity contribution in [3.05, 3.63) is 0 Å². The number of hydrogen-bond donors (Lipinski definition) is 5. The van der Waals surface area contributed by atoms with Gasteiger partial charge in [-0.3, -0.25) is 28.8 Å². The van der Waals surface area contributed by atoms with E-state index in [2.05, 4.69) is 22.9 Å². The van der Waals surface area contributed by atoms with E-state index in [-0.39, 0.29) is 61.9 Å². The minimum Gasteiger partial charge on any atom is -0.391 e. The first-order chi connectivity index (χ1) is 24.1. The lowest BCUT2D eigenvalue weighted by molar-refractivity contribution is -0.137. The van der Waals surface area contributed by atoms with Gasteiger partial charge >= 0.3 is 0 Å². The minimum atomic E-state index is -1.39. The topological polar surface area (TPSA) is 202 Å². The van der Waals surface area contributed by atoms with Gasteiger partial charge in [0.25, 0.3) is 0 Å². The average Bonchev–Trinajstić information content (AvgIpc) is 3.07. The lowest BCUT2D eigenvalue weighted by atomic mass is 9.84. The number of hydrogen-bond acceptors (Lipinski definition) is 8. The minimum absolute atomic E-state index is 0.00724. The highest BCUT2D eigenvalue weighted by molar-refractivity contribution is 5.96. The number of ketones is 3. The van der Waals surface area contributed by atoms with Gasteiger partial charge < -0.3 is 31.6 Å². The van der Waals surface area contributed by atoms with Crippen molar-refractivity contribution in [3.8, 4) is 0 Å². The normalized spacial score (nSPS) is 14.7. The van der Waals surface area contributed by atoms with Crippen molar-refractivity contribution in [2.45, 2.75) is 194 Å². The zero-order valence-corrected chi connectivity index (χ0v) is 32.5. The molecule has 0 aromatic rings. The Kier molecular flexibility index (Phi) is 26.7. The lowest BCUT2D eigenvalue weighted by Crippen LogP contribution is -2.55. The Labute approximate surface area is 307 Å². The van der Waals surface area contributed by atoms with Gasteiger partial charge in [0, 0.05) is 38.0 Å². The fourth-order valence-corrected chi connectivity index (χ4v) is 5.95. The predicted molar refractivity (Wildman–Crippen MR) is 199 cm³/mol. The zero-order valence-electron chi connectivity index (χ0n) is 32.5. The Bertz CT molecular complexity index is 1080. The van der Waals surface area contributed by atoms with E-state index >= 15 is 0 Å². The van der Waals surface area contributed by atoms with Crippen LogP contribution >= 0.6 is 0 Å². The molecule has 0 aliphatic carbocycles. The summed E-state index contributed by atoms with van der Waals surface area (Å²) < 4.78 is 0. The number of nitrogens with one attached hydrogen (secondary N) is 3. The van der Waals surface area contributed by atoms with Crippen molar-refractivity contribution < 1.29 is 38.7 Å². The summed E-state index contributed by atoms with van der Waals surface area (Å²) in [5.74, 6) is -4.44. The van der Waals surface area contributed by atoms with Crippen LogP contribution in [0.1, 0.15) is 170 Å². The van der Waals surface area contributed by atoms with E-state index in [9.17, 15) is 38.7 Å². The third-order valence-corrected chi connectivity index (χ3v) is 9.62. The van der Waals surface area contributed by atoms with Crippen molar-refractivity contribution in [2.24, 2.45) is 17.6 Å². The SMILES string of the molecule is CCCCCCCCCCCCCCCC(=O)N[C@@H](CCC(N)=O)C(=O)N[C@H](C(=O)C[C@H](C(=O)N[C@@H](C)C(=O)CCC(C)=O)[C@@H](C)CC)[C@@H](C)O. The number of Topliss-reactive ketones (excluding diaryl/α,β-unsaturated/α-hetero) is 3. The number of carbonyl (C=O) groups excluding carboxylic acids is 7. The molecule has 12 heteroatoms. The van der Waals surface area contributed by atoms with E-state index in [1.54, 1.807) is 6.92 Å². The van der Waals surface area contributed by atoms with Crippen LogP contribution in [0.3, 0.4) is 0 Å². The molecule has 0 aromatic carbocycles. The first-order valence-electron chi connectivity index (χ1n) is 19.6. The van der Waals surface area contributed by atoms with E-state index < -0.39 is 53.7 Å². The molecule has 0 unspecified atom stereocenters. The van der Waals surface area contributed by atoms with Crippen molar-refractivity contribution in [1.82, 2.24) is 16.0 Å². The van der Waals surface area contributed by atoms with Crippen LogP contribution in [0.2, 0.25) is 0 Å². The van der Waals surface area contributed by atoms with Gasteiger partial charge in [-0.05, 0) is 39.5 Å². The predicted octanol–water partition coefficient (Wildman–Crippen LogP) is 5.15. The van der Waals surface area contributed by atoms with Crippen LogP contribution < -0.4 is 21.7 Å². The molecule has 0 saturated heterocycles. The second-order valence-electron chi connectivity index (χ2n) is 14.4. The molecule has 0 aliphatic heterocycles. The van der Waals surface area contributed by atoms with Crippen LogP contribution in [0.5, 0.6) is 0 Å². The Balaban J connectivity index is 5.16. The molecule has 0 aliphatic rings. The first kappa shape index (κ1) is 47.8. The monoisotopic (exact) mass is 723 g/mol. The molecule has 6 atom stereocenters. The average molecular weight is 723 g/mol. The molecular weight excluding hydrogens is 652 g/mol. The summed E-state index contributed by atoms with van der Waals surface area (Å²) in [4.78, 5) is 88.1. The van der Waals surface area contributed by atoms with E-state index in [1.807, 2.05) is 6.92 Å². The largest absolute Gasteiger partial charge is 0.391 e. The molecule has 0 rings (SSSR count).